The van der Waals surface area contributed by atoms with E-state index in [9.17, 15) is 22.4 Å². The zero-order chi connectivity index (χ0) is 25.6. The van der Waals surface area contributed by atoms with E-state index in [2.05, 4.69) is 4.72 Å². The first-order valence-electron chi connectivity index (χ1n) is 11.0. The molecule has 1 amide bonds. The Morgan fingerprint density at radius 2 is 1.66 bits per heavy atom. The van der Waals surface area contributed by atoms with Gasteiger partial charge in [0.2, 0.25) is 0 Å². The highest BCUT2D eigenvalue weighted by Crippen LogP contribution is 2.23. The van der Waals surface area contributed by atoms with Gasteiger partial charge in [-0.1, -0.05) is 42.5 Å². The fourth-order valence-electron chi connectivity index (χ4n) is 3.49. The summed E-state index contributed by atoms with van der Waals surface area (Å²) in [7, 11) is -4.11. The van der Waals surface area contributed by atoms with Crippen molar-refractivity contribution in [1.29, 1.82) is 0 Å². The first kappa shape index (κ1) is 25.9. The summed E-state index contributed by atoms with van der Waals surface area (Å²) in [6.45, 7) is 5.07. The van der Waals surface area contributed by atoms with E-state index in [0.717, 1.165) is 23.8 Å². The highest BCUT2D eigenvalue weighted by Gasteiger charge is 2.23. The van der Waals surface area contributed by atoms with Gasteiger partial charge in [0, 0.05) is 12.6 Å². The number of hydrogen-bond donors (Lipinski definition) is 1. The molecule has 3 aromatic carbocycles. The van der Waals surface area contributed by atoms with E-state index < -0.39 is 28.4 Å². The van der Waals surface area contributed by atoms with Gasteiger partial charge in [-0.2, -0.15) is 0 Å². The highest BCUT2D eigenvalue weighted by molar-refractivity contribution is 7.92. The fourth-order valence-corrected chi connectivity index (χ4v) is 4.80. The molecule has 0 heterocycles. The third-order valence-electron chi connectivity index (χ3n) is 5.28. The van der Waals surface area contributed by atoms with E-state index in [1.807, 2.05) is 44.2 Å². The number of para-hydroxylation sites is 1. The Kier molecular flexibility index (Phi) is 8.24. The SMILES string of the molecule is Cc1cc(F)ccc1S(=O)(=O)Nc1ccccc1C(=O)OCC(=O)N(Cc1ccccc1)C(C)C. The topological polar surface area (TPSA) is 92.8 Å². The smallest absolute Gasteiger partial charge is 0.340 e. The van der Waals surface area contributed by atoms with Gasteiger partial charge in [0.1, 0.15) is 5.82 Å². The van der Waals surface area contributed by atoms with Gasteiger partial charge in [-0.15, -0.1) is 0 Å². The normalized spacial score (nSPS) is 11.2. The van der Waals surface area contributed by atoms with E-state index in [1.54, 1.807) is 17.0 Å². The summed E-state index contributed by atoms with van der Waals surface area (Å²) >= 11 is 0. The molecule has 0 bridgehead atoms. The Morgan fingerprint density at radius 3 is 2.31 bits per heavy atom. The number of carbonyl (C=O) groups excluding carboxylic acids is 2. The van der Waals surface area contributed by atoms with Crippen LogP contribution in [0, 0.1) is 12.7 Å². The van der Waals surface area contributed by atoms with Crippen molar-refractivity contribution in [2.24, 2.45) is 0 Å². The lowest BCUT2D eigenvalue weighted by molar-refractivity contribution is -0.136. The molecule has 0 aliphatic heterocycles. The summed E-state index contributed by atoms with van der Waals surface area (Å²) in [5.74, 6) is -1.79. The Bertz CT molecular complexity index is 1310. The molecule has 1 N–H and O–H groups in total. The number of amides is 1. The molecule has 184 valence electrons. The van der Waals surface area contributed by atoms with Crippen LogP contribution < -0.4 is 4.72 Å². The third kappa shape index (κ3) is 6.66. The summed E-state index contributed by atoms with van der Waals surface area (Å²) in [6.07, 6.45) is 0. The summed E-state index contributed by atoms with van der Waals surface area (Å²) in [5.41, 5.74) is 1.09. The van der Waals surface area contributed by atoms with Crippen molar-refractivity contribution in [3.63, 3.8) is 0 Å². The molecule has 0 spiro atoms. The van der Waals surface area contributed by atoms with Crippen LogP contribution in [0.25, 0.3) is 0 Å². The molecule has 0 saturated carbocycles. The van der Waals surface area contributed by atoms with Crippen LogP contribution in [0.4, 0.5) is 10.1 Å². The molecule has 0 unspecified atom stereocenters. The second-order valence-electron chi connectivity index (χ2n) is 8.24. The number of rotatable bonds is 9. The molecule has 35 heavy (non-hydrogen) atoms. The molecule has 0 radical (unpaired) electrons. The maximum atomic E-state index is 13.4. The van der Waals surface area contributed by atoms with Crippen LogP contribution >= 0.6 is 0 Å². The van der Waals surface area contributed by atoms with Crippen molar-refractivity contribution in [2.75, 3.05) is 11.3 Å². The number of hydrogen-bond acceptors (Lipinski definition) is 5. The Labute approximate surface area is 204 Å². The molecule has 0 aliphatic carbocycles. The molecule has 3 aromatic rings. The summed E-state index contributed by atoms with van der Waals surface area (Å²) in [5, 5.41) is 0. The van der Waals surface area contributed by atoms with Gasteiger partial charge in [0.05, 0.1) is 16.1 Å². The van der Waals surface area contributed by atoms with E-state index in [4.69, 9.17) is 4.74 Å². The Balaban J connectivity index is 1.73. The number of benzene rings is 3. The van der Waals surface area contributed by atoms with Crippen LogP contribution in [0.2, 0.25) is 0 Å². The van der Waals surface area contributed by atoms with Crippen molar-refractivity contribution in [1.82, 2.24) is 4.90 Å². The number of halogens is 1. The molecule has 0 atom stereocenters. The van der Waals surface area contributed by atoms with Gasteiger partial charge in [0.25, 0.3) is 15.9 Å². The van der Waals surface area contributed by atoms with Crippen LogP contribution in [-0.2, 0) is 26.1 Å². The predicted molar refractivity (Wildman–Crippen MR) is 131 cm³/mol. The number of ether oxygens (including phenoxy) is 1. The molecular weight excluding hydrogens is 471 g/mol. The molecule has 9 heteroatoms. The Hall–Kier alpha value is -3.72. The van der Waals surface area contributed by atoms with Gasteiger partial charge < -0.3 is 9.64 Å². The molecule has 0 saturated heterocycles. The minimum Gasteiger partial charge on any atom is -0.452 e. The number of nitrogens with zero attached hydrogens (tertiary/aromatic N) is 1. The molecule has 3 rings (SSSR count). The van der Waals surface area contributed by atoms with Crippen LogP contribution in [-0.4, -0.2) is 37.8 Å². The molecular formula is C26H27FN2O5S. The largest absolute Gasteiger partial charge is 0.452 e. The quantitative estimate of drug-likeness (QED) is 0.438. The number of esters is 1. The van der Waals surface area contributed by atoms with Crippen LogP contribution in [0.3, 0.4) is 0 Å². The van der Waals surface area contributed by atoms with Gasteiger partial charge in [-0.25, -0.2) is 17.6 Å². The van der Waals surface area contributed by atoms with Crippen molar-refractivity contribution < 1.29 is 27.1 Å². The fraction of sp³-hybridized carbons (Fsp3) is 0.231. The first-order chi connectivity index (χ1) is 16.6. The summed E-state index contributed by atoms with van der Waals surface area (Å²) in [4.78, 5) is 27.0. The van der Waals surface area contributed by atoms with Gasteiger partial charge in [-0.05, 0) is 62.2 Å². The number of aryl methyl sites for hydroxylation is 1. The van der Waals surface area contributed by atoms with Crippen LogP contribution in [0.1, 0.15) is 35.3 Å². The third-order valence-corrected chi connectivity index (χ3v) is 6.81. The monoisotopic (exact) mass is 498 g/mol. The molecule has 0 fully saturated rings. The van der Waals surface area contributed by atoms with E-state index >= 15 is 0 Å². The lowest BCUT2D eigenvalue weighted by Gasteiger charge is -2.26. The number of carbonyl (C=O) groups is 2. The van der Waals surface area contributed by atoms with Crippen LogP contribution in [0.5, 0.6) is 0 Å². The van der Waals surface area contributed by atoms with E-state index in [0.29, 0.717) is 6.54 Å². The van der Waals surface area contributed by atoms with Crippen molar-refractivity contribution in [3.05, 3.63) is 95.3 Å². The maximum Gasteiger partial charge on any atom is 0.340 e. The molecule has 0 aliphatic rings. The first-order valence-corrected chi connectivity index (χ1v) is 12.5. The Morgan fingerprint density at radius 1 is 1.00 bits per heavy atom. The number of sulfonamides is 1. The van der Waals surface area contributed by atoms with Gasteiger partial charge in [0.15, 0.2) is 6.61 Å². The average molecular weight is 499 g/mol. The van der Waals surface area contributed by atoms with Crippen molar-refractivity contribution in [3.8, 4) is 0 Å². The standard InChI is InChI=1S/C26H27FN2O5S/c1-18(2)29(16-20-9-5-4-6-10-20)25(30)17-34-26(31)22-11-7-8-12-23(22)28-35(32,33)24-14-13-21(27)15-19(24)3/h4-15,18,28H,16-17H2,1-3H3. The lowest BCUT2D eigenvalue weighted by Crippen LogP contribution is -2.39. The average Bonchev–Trinajstić information content (AvgIpc) is 2.81. The van der Waals surface area contributed by atoms with Crippen molar-refractivity contribution in [2.45, 2.75) is 38.3 Å². The minimum absolute atomic E-state index is 0.0151. The van der Waals surface area contributed by atoms with Gasteiger partial charge >= 0.3 is 5.97 Å². The second-order valence-corrected chi connectivity index (χ2v) is 9.89. The predicted octanol–water partition coefficient (Wildman–Crippen LogP) is 4.53. The van der Waals surface area contributed by atoms with E-state index in [1.165, 1.54) is 19.1 Å². The zero-order valence-electron chi connectivity index (χ0n) is 19.7. The second kappa shape index (κ2) is 11.1. The number of anilines is 1. The van der Waals surface area contributed by atoms with Crippen molar-refractivity contribution >= 4 is 27.6 Å². The molecule has 0 aromatic heterocycles. The molecule has 7 nitrogen and oxygen atoms in total. The van der Waals surface area contributed by atoms with Crippen LogP contribution in [0.15, 0.2) is 77.7 Å². The van der Waals surface area contributed by atoms with E-state index in [-0.39, 0.29) is 33.7 Å². The highest BCUT2D eigenvalue weighted by atomic mass is 32.2. The zero-order valence-corrected chi connectivity index (χ0v) is 20.5. The minimum atomic E-state index is -4.11. The lowest BCUT2D eigenvalue weighted by atomic mass is 10.2. The number of nitrogens with one attached hydrogen (secondary N) is 1. The summed E-state index contributed by atoms with van der Waals surface area (Å²) in [6, 6.07) is 18.5. The maximum absolute atomic E-state index is 13.4. The summed E-state index contributed by atoms with van der Waals surface area (Å²) < 4.78 is 46.7. The van der Waals surface area contributed by atoms with Gasteiger partial charge in [-0.3, -0.25) is 9.52 Å².